The van der Waals surface area contributed by atoms with Gasteiger partial charge in [0.15, 0.2) is 0 Å². The molecule has 2 N–H and O–H groups in total. The Labute approximate surface area is 304 Å². The maximum atomic E-state index is 10.8. The summed E-state index contributed by atoms with van der Waals surface area (Å²) in [6.07, 6.45) is 27.1. The third kappa shape index (κ3) is 33.7. The molecular formula is C32H62CaO10S2. The first-order valence-corrected chi connectivity index (χ1v) is 20.1. The molecular weight excluding hydrogens is 649 g/mol. The molecule has 0 aliphatic carbocycles. The Morgan fingerprint density at radius 3 is 0.778 bits per heavy atom. The van der Waals surface area contributed by atoms with Gasteiger partial charge >= 0.3 is 37.7 Å². The number of hydrogen-bond acceptors (Lipinski definition) is 8. The SMILES string of the molecule is CCCCCCCCCCCCCCC(C(=O)[O-])S(=O)(=O)O.CCCCCCCCCCCCCCC(C(=O)[O-])S(=O)(=O)O.[Ca+2]. The fourth-order valence-electron chi connectivity index (χ4n) is 5.12. The first kappa shape index (κ1) is 49.4. The molecule has 0 aliphatic rings. The molecule has 13 heteroatoms. The van der Waals surface area contributed by atoms with Crippen LogP contribution in [0.2, 0.25) is 0 Å². The Bertz CT molecular complexity index is 837. The summed E-state index contributed by atoms with van der Waals surface area (Å²) in [6, 6.07) is 0. The van der Waals surface area contributed by atoms with Crippen LogP contribution in [-0.4, -0.2) is 86.1 Å². The molecule has 0 aromatic rings. The Morgan fingerprint density at radius 2 is 0.622 bits per heavy atom. The molecule has 0 amide bonds. The minimum absolute atomic E-state index is 0. The van der Waals surface area contributed by atoms with Gasteiger partial charge in [0.25, 0.3) is 20.2 Å². The van der Waals surface area contributed by atoms with Crippen molar-refractivity contribution in [1.29, 1.82) is 0 Å². The Morgan fingerprint density at radius 1 is 0.444 bits per heavy atom. The topological polar surface area (TPSA) is 189 Å². The smallest absolute Gasteiger partial charge is 0.549 e. The van der Waals surface area contributed by atoms with Crippen molar-refractivity contribution in [2.24, 2.45) is 0 Å². The van der Waals surface area contributed by atoms with Gasteiger partial charge in [-0.15, -0.1) is 0 Å². The van der Waals surface area contributed by atoms with Crippen LogP contribution in [0.3, 0.4) is 0 Å². The van der Waals surface area contributed by atoms with Crippen molar-refractivity contribution in [3.63, 3.8) is 0 Å². The van der Waals surface area contributed by atoms with E-state index in [-0.39, 0.29) is 50.6 Å². The molecule has 0 saturated carbocycles. The van der Waals surface area contributed by atoms with Gasteiger partial charge in [0, 0.05) is 0 Å². The van der Waals surface area contributed by atoms with Gasteiger partial charge in [-0.3, -0.25) is 9.11 Å². The maximum absolute atomic E-state index is 10.8. The van der Waals surface area contributed by atoms with Crippen molar-refractivity contribution in [3.05, 3.63) is 0 Å². The van der Waals surface area contributed by atoms with Gasteiger partial charge in [0.1, 0.15) is 10.5 Å². The summed E-state index contributed by atoms with van der Waals surface area (Å²) < 4.78 is 60.9. The average molecular weight is 711 g/mol. The number of carboxylic acid groups (broad SMARTS) is 2. The van der Waals surface area contributed by atoms with E-state index in [0.717, 1.165) is 38.5 Å². The molecule has 0 fully saturated rings. The minimum Gasteiger partial charge on any atom is -0.549 e. The van der Waals surface area contributed by atoms with Gasteiger partial charge < -0.3 is 19.8 Å². The normalized spacial score (nSPS) is 12.9. The molecule has 2 unspecified atom stereocenters. The van der Waals surface area contributed by atoms with E-state index in [4.69, 9.17) is 9.11 Å². The molecule has 2 atom stereocenters. The van der Waals surface area contributed by atoms with Crippen LogP contribution in [0.1, 0.15) is 181 Å². The second kappa shape index (κ2) is 32.6. The third-order valence-electron chi connectivity index (χ3n) is 7.88. The second-order valence-corrected chi connectivity index (χ2v) is 15.2. The summed E-state index contributed by atoms with van der Waals surface area (Å²) in [7, 11) is -9.08. The average Bonchev–Trinajstić information content (AvgIpc) is 2.92. The number of carbonyl (C=O) groups is 2. The standard InChI is InChI=1S/2C16H32O5S.Ca/c2*1-2-3-4-5-6-7-8-9-10-11-12-13-14-15(16(17)18)22(19,20)21;/h2*15H,2-14H2,1H3,(H,17,18)(H,19,20,21);/q;;+2/p-2. The van der Waals surface area contributed by atoms with Crippen LogP contribution in [0.4, 0.5) is 0 Å². The van der Waals surface area contributed by atoms with Gasteiger partial charge in [-0.05, 0) is 12.8 Å². The predicted octanol–water partition coefficient (Wildman–Crippen LogP) is 5.79. The molecule has 0 spiro atoms. The number of carboxylic acids is 2. The van der Waals surface area contributed by atoms with Crippen molar-refractivity contribution in [2.45, 2.75) is 191 Å². The van der Waals surface area contributed by atoms with Crippen molar-refractivity contribution >= 4 is 69.9 Å². The van der Waals surface area contributed by atoms with Crippen molar-refractivity contribution in [2.75, 3.05) is 0 Å². The van der Waals surface area contributed by atoms with E-state index in [1.54, 1.807) is 0 Å². The van der Waals surface area contributed by atoms with E-state index < -0.39 is 42.7 Å². The zero-order chi connectivity index (χ0) is 33.7. The van der Waals surface area contributed by atoms with E-state index in [0.29, 0.717) is 12.8 Å². The van der Waals surface area contributed by atoms with Crippen LogP contribution in [-0.2, 0) is 29.8 Å². The van der Waals surface area contributed by atoms with Crippen LogP contribution in [0, 0.1) is 0 Å². The summed E-state index contributed by atoms with van der Waals surface area (Å²) in [5, 5.41) is 17.7. The monoisotopic (exact) mass is 710 g/mol. The van der Waals surface area contributed by atoms with Gasteiger partial charge in [0.2, 0.25) is 0 Å². The maximum Gasteiger partial charge on any atom is 2.00 e. The summed E-state index contributed by atoms with van der Waals surface area (Å²) in [5.74, 6) is -3.43. The van der Waals surface area contributed by atoms with Crippen LogP contribution in [0.25, 0.3) is 0 Å². The summed E-state index contributed by atoms with van der Waals surface area (Å²) in [4.78, 5) is 21.3. The quantitative estimate of drug-likeness (QED) is 0.0525. The van der Waals surface area contributed by atoms with Crippen molar-refractivity contribution < 1.29 is 45.7 Å². The number of unbranched alkanes of at least 4 members (excludes halogenated alkanes) is 22. The van der Waals surface area contributed by atoms with Gasteiger partial charge in [-0.25, -0.2) is 0 Å². The fraction of sp³-hybridized carbons (Fsp3) is 0.938. The van der Waals surface area contributed by atoms with Gasteiger partial charge in [0.05, 0.1) is 11.9 Å². The molecule has 0 aromatic carbocycles. The molecule has 0 bridgehead atoms. The number of carbonyl (C=O) groups excluding carboxylic acids is 2. The van der Waals surface area contributed by atoms with Crippen LogP contribution in [0.15, 0.2) is 0 Å². The fourth-order valence-corrected chi connectivity index (χ4v) is 6.53. The largest absolute Gasteiger partial charge is 2.00 e. The molecule has 0 saturated heterocycles. The Balaban J connectivity index is -0.000000767. The summed E-state index contributed by atoms with van der Waals surface area (Å²) >= 11 is 0. The molecule has 264 valence electrons. The summed E-state index contributed by atoms with van der Waals surface area (Å²) in [5.41, 5.74) is 0. The molecule has 0 aliphatic heterocycles. The molecule has 0 heterocycles. The van der Waals surface area contributed by atoms with Crippen molar-refractivity contribution in [1.82, 2.24) is 0 Å². The second-order valence-electron chi connectivity index (χ2n) is 12.0. The van der Waals surface area contributed by atoms with Crippen molar-refractivity contribution in [3.8, 4) is 0 Å². The number of hydrogen-bond donors (Lipinski definition) is 2. The van der Waals surface area contributed by atoms with Crippen LogP contribution in [0.5, 0.6) is 0 Å². The van der Waals surface area contributed by atoms with E-state index in [9.17, 15) is 36.6 Å². The first-order valence-electron chi connectivity index (χ1n) is 17.1. The van der Waals surface area contributed by atoms with E-state index in [1.165, 1.54) is 103 Å². The zero-order valence-electron chi connectivity index (χ0n) is 28.2. The molecule has 45 heavy (non-hydrogen) atoms. The van der Waals surface area contributed by atoms with Gasteiger partial charge in [-0.2, -0.15) is 16.8 Å². The van der Waals surface area contributed by atoms with Crippen LogP contribution < -0.4 is 10.2 Å². The van der Waals surface area contributed by atoms with E-state index in [1.807, 2.05) is 0 Å². The molecule has 0 radical (unpaired) electrons. The minimum atomic E-state index is -4.54. The number of rotatable bonds is 30. The molecule has 0 aromatic heterocycles. The molecule has 10 nitrogen and oxygen atoms in total. The zero-order valence-corrected chi connectivity index (χ0v) is 32.1. The Kier molecular flexibility index (Phi) is 35.8. The van der Waals surface area contributed by atoms with Gasteiger partial charge in [-0.1, -0.05) is 168 Å². The first-order chi connectivity index (χ1) is 20.8. The van der Waals surface area contributed by atoms with E-state index in [2.05, 4.69) is 13.8 Å². The van der Waals surface area contributed by atoms with Crippen LogP contribution >= 0.6 is 0 Å². The predicted molar refractivity (Wildman–Crippen MR) is 178 cm³/mol. The molecule has 0 rings (SSSR count). The summed E-state index contributed by atoms with van der Waals surface area (Å²) in [6.45, 7) is 4.43. The van der Waals surface area contributed by atoms with E-state index >= 15 is 0 Å². The third-order valence-corrected chi connectivity index (χ3v) is 10.2. The Hall–Kier alpha value is 0.0197. The number of aliphatic carboxylic acids is 2.